The van der Waals surface area contributed by atoms with E-state index < -0.39 is 0 Å². The maximum Gasteiger partial charge on any atom is 0.270 e. The maximum absolute atomic E-state index is 12.6. The average molecular weight is 364 g/mol. The van der Waals surface area contributed by atoms with Crippen LogP contribution in [0.15, 0.2) is 36.5 Å². The summed E-state index contributed by atoms with van der Waals surface area (Å²) in [6.07, 6.45) is 1.63. The summed E-state index contributed by atoms with van der Waals surface area (Å²) in [5, 5.41) is 3.73. The zero-order valence-corrected chi connectivity index (χ0v) is 14.6. The Morgan fingerprint density at radius 2 is 2.00 bits per heavy atom. The third-order valence-corrected chi connectivity index (χ3v) is 4.13. The number of aromatic nitrogens is 2. The van der Waals surface area contributed by atoms with E-state index in [0.29, 0.717) is 33.6 Å². The van der Waals surface area contributed by atoms with Crippen LogP contribution in [-0.4, -0.2) is 22.4 Å². The Bertz CT molecular complexity index is 904. The van der Waals surface area contributed by atoms with E-state index in [9.17, 15) is 4.79 Å². The van der Waals surface area contributed by atoms with Gasteiger partial charge in [-0.05, 0) is 30.7 Å². The number of carbonyl (C=O) groups is 1. The molecule has 1 aromatic carbocycles. The van der Waals surface area contributed by atoms with Gasteiger partial charge in [0.15, 0.2) is 5.65 Å². The van der Waals surface area contributed by atoms with Gasteiger partial charge in [-0.25, -0.2) is 4.98 Å². The summed E-state index contributed by atoms with van der Waals surface area (Å²) < 4.78 is 6.73. The van der Waals surface area contributed by atoms with E-state index in [0.717, 1.165) is 11.3 Å². The van der Waals surface area contributed by atoms with Crippen LogP contribution < -0.4 is 10.1 Å². The monoisotopic (exact) mass is 363 g/mol. The first-order valence-electron chi connectivity index (χ1n) is 7.24. The van der Waals surface area contributed by atoms with E-state index in [2.05, 4.69) is 10.3 Å². The predicted octanol–water partition coefficient (Wildman–Crippen LogP) is 3.89. The van der Waals surface area contributed by atoms with E-state index in [1.54, 1.807) is 30.7 Å². The zero-order chi connectivity index (χ0) is 17.3. The highest BCUT2D eigenvalue weighted by molar-refractivity contribution is 6.36. The fourth-order valence-corrected chi connectivity index (χ4v) is 2.98. The summed E-state index contributed by atoms with van der Waals surface area (Å²) in [4.78, 5) is 16.9. The minimum absolute atomic E-state index is 0.242. The van der Waals surface area contributed by atoms with Crippen molar-refractivity contribution >= 4 is 34.8 Å². The van der Waals surface area contributed by atoms with Gasteiger partial charge in [0, 0.05) is 12.7 Å². The molecule has 0 aliphatic heterocycles. The molecule has 24 heavy (non-hydrogen) atoms. The number of benzene rings is 1. The van der Waals surface area contributed by atoms with Gasteiger partial charge in [-0.1, -0.05) is 35.3 Å². The van der Waals surface area contributed by atoms with Crippen molar-refractivity contribution in [1.82, 2.24) is 14.7 Å². The highest BCUT2D eigenvalue weighted by atomic mass is 35.5. The number of hydrogen-bond donors (Lipinski definition) is 1. The van der Waals surface area contributed by atoms with Crippen LogP contribution in [-0.2, 0) is 6.54 Å². The first kappa shape index (κ1) is 16.6. The molecule has 0 saturated carbocycles. The molecule has 0 fully saturated rings. The molecule has 3 aromatic rings. The molecule has 0 atom stereocenters. The number of imidazole rings is 1. The minimum Gasteiger partial charge on any atom is -0.497 e. The first-order chi connectivity index (χ1) is 11.5. The lowest BCUT2D eigenvalue weighted by atomic mass is 10.2. The largest absolute Gasteiger partial charge is 0.497 e. The summed E-state index contributed by atoms with van der Waals surface area (Å²) in [7, 11) is 1.61. The Kier molecular flexibility index (Phi) is 4.64. The highest BCUT2D eigenvalue weighted by Crippen LogP contribution is 2.24. The predicted molar refractivity (Wildman–Crippen MR) is 94.1 cm³/mol. The van der Waals surface area contributed by atoms with Gasteiger partial charge >= 0.3 is 0 Å². The number of aryl methyl sites for hydroxylation is 1. The average Bonchev–Trinajstić information content (AvgIpc) is 2.89. The second-order valence-electron chi connectivity index (χ2n) is 5.28. The SMILES string of the molecule is COc1ccc(CNC(=O)c2c(C)nc3c(Cl)cc(Cl)cn23)cc1. The number of hydrogen-bond acceptors (Lipinski definition) is 3. The number of amides is 1. The molecule has 0 radical (unpaired) electrons. The molecular weight excluding hydrogens is 349 g/mol. The summed E-state index contributed by atoms with van der Waals surface area (Å²) in [6.45, 7) is 2.16. The van der Waals surface area contributed by atoms with Crippen molar-refractivity contribution in [2.75, 3.05) is 7.11 Å². The van der Waals surface area contributed by atoms with E-state index in [1.165, 1.54) is 0 Å². The summed E-state index contributed by atoms with van der Waals surface area (Å²) in [6, 6.07) is 9.09. The summed E-state index contributed by atoms with van der Waals surface area (Å²) in [5.74, 6) is 0.529. The molecule has 0 unspecified atom stereocenters. The normalized spacial score (nSPS) is 10.8. The molecule has 0 aliphatic carbocycles. The number of fused-ring (bicyclic) bond motifs is 1. The van der Waals surface area contributed by atoms with Gasteiger partial charge in [0.1, 0.15) is 11.4 Å². The molecule has 1 amide bonds. The zero-order valence-electron chi connectivity index (χ0n) is 13.1. The van der Waals surface area contributed by atoms with E-state index in [1.807, 2.05) is 24.3 Å². The number of ether oxygens (including phenoxy) is 1. The van der Waals surface area contributed by atoms with E-state index in [-0.39, 0.29) is 5.91 Å². The smallest absolute Gasteiger partial charge is 0.270 e. The number of nitrogens with zero attached hydrogens (tertiary/aromatic N) is 2. The van der Waals surface area contributed by atoms with Crippen LogP contribution in [0.25, 0.3) is 5.65 Å². The molecule has 0 spiro atoms. The van der Waals surface area contributed by atoms with Gasteiger partial charge in [-0.3, -0.25) is 9.20 Å². The Morgan fingerprint density at radius 3 is 2.67 bits per heavy atom. The molecule has 0 saturated heterocycles. The first-order valence-corrected chi connectivity index (χ1v) is 8.00. The molecule has 3 rings (SSSR count). The van der Waals surface area contributed by atoms with Gasteiger partial charge in [-0.2, -0.15) is 0 Å². The van der Waals surface area contributed by atoms with E-state index >= 15 is 0 Å². The lowest BCUT2D eigenvalue weighted by molar-refractivity contribution is 0.0944. The van der Waals surface area contributed by atoms with Gasteiger partial charge in [0.05, 0.1) is 22.8 Å². The number of rotatable bonds is 4. The minimum atomic E-state index is -0.242. The van der Waals surface area contributed by atoms with Crippen molar-refractivity contribution in [1.29, 1.82) is 0 Å². The fourth-order valence-electron chi connectivity index (χ4n) is 2.47. The van der Waals surface area contributed by atoms with Crippen molar-refractivity contribution in [2.24, 2.45) is 0 Å². The lowest BCUT2D eigenvalue weighted by Crippen LogP contribution is -2.25. The standard InChI is InChI=1S/C17H15Cl2N3O2/c1-10-15(22-9-12(18)7-14(19)16(22)21-10)17(23)20-8-11-3-5-13(24-2)6-4-11/h3-7,9H,8H2,1-2H3,(H,20,23). The molecule has 2 aromatic heterocycles. The van der Waals surface area contributed by atoms with Gasteiger partial charge in [-0.15, -0.1) is 0 Å². The Balaban J connectivity index is 1.84. The fraction of sp³-hybridized carbons (Fsp3) is 0.176. The highest BCUT2D eigenvalue weighted by Gasteiger charge is 2.18. The number of halogens is 2. The molecule has 0 aliphatic rings. The summed E-state index contributed by atoms with van der Waals surface area (Å²) in [5.41, 5.74) is 2.48. The van der Waals surface area contributed by atoms with E-state index in [4.69, 9.17) is 27.9 Å². The maximum atomic E-state index is 12.6. The van der Waals surface area contributed by atoms with Crippen LogP contribution in [0, 0.1) is 6.92 Å². The van der Waals surface area contributed by atoms with Crippen LogP contribution in [0.1, 0.15) is 21.7 Å². The molecule has 124 valence electrons. The number of carbonyl (C=O) groups excluding carboxylic acids is 1. The number of methoxy groups -OCH3 is 1. The number of pyridine rings is 1. The van der Waals surface area contributed by atoms with Crippen LogP contribution in [0.4, 0.5) is 0 Å². The number of nitrogens with one attached hydrogen (secondary N) is 1. The van der Waals surface area contributed by atoms with Crippen LogP contribution in [0.3, 0.4) is 0 Å². The molecule has 5 nitrogen and oxygen atoms in total. The Morgan fingerprint density at radius 1 is 1.29 bits per heavy atom. The van der Waals surface area contributed by atoms with Gasteiger partial charge < -0.3 is 10.1 Å². The second-order valence-corrected chi connectivity index (χ2v) is 6.12. The van der Waals surface area contributed by atoms with Crippen LogP contribution in [0.2, 0.25) is 10.0 Å². The van der Waals surface area contributed by atoms with Crippen molar-refractivity contribution < 1.29 is 9.53 Å². The van der Waals surface area contributed by atoms with Crippen LogP contribution >= 0.6 is 23.2 Å². The third kappa shape index (κ3) is 3.18. The van der Waals surface area contributed by atoms with Crippen molar-refractivity contribution in [3.05, 3.63) is 63.5 Å². The van der Waals surface area contributed by atoms with Crippen LogP contribution in [0.5, 0.6) is 5.75 Å². The molecular formula is C17H15Cl2N3O2. The molecule has 7 heteroatoms. The molecule has 1 N–H and O–H groups in total. The second kappa shape index (κ2) is 6.71. The molecule has 0 bridgehead atoms. The Labute approximate surface area is 149 Å². The van der Waals surface area contributed by atoms with Crippen molar-refractivity contribution in [3.8, 4) is 5.75 Å². The third-order valence-electron chi connectivity index (χ3n) is 3.64. The Hall–Kier alpha value is -2.24. The quantitative estimate of drug-likeness (QED) is 0.764. The van der Waals surface area contributed by atoms with Crippen molar-refractivity contribution in [3.63, 3.8) is 0 Å². The molecule has 2 heterocycles. The van der Waals surface area contributed by atoms with Gasteiger partial charge in [0.25, 0.3) is 5.91 Å². The lowest BCUT2D eigenvalue weighted by Gasteiger charge is -2.07. The topological polar surface area (TPSA) is 55.6 Å². The van der Waals surface area contributed by atoms with Gasteiger partial charge in [0.2, 0.25) is 0 Å². The van der Waals surface area contributed by atoms with Crippen molar-refractivity contribution in [2.45, 2.75) is 13.5 Å². The summed E-state index contributed by atoms with van der Waals surface area (Å²) >= 11 is 12.2.